The fourth-order valence-electron chi connectivity index (χ4n) is 1.75. The molecule has 0 aliphatic heterocycles. The Morgan fingerprint density at radius 2 is 2.11 bits per heavy atom. The van der Waals surface area contributed by atoms with E-state index in [2.05, 4.69) is 9.71 Å². The summed E-state index contributed by atoms with van der Waals surface area (Å²) in [6.07, 6.45) is 0.643. The van der Waals surface area contributed by atoms with Gasteiger partial charge in [0.05, 0.1) is 16.7 Å². The van der Waals surface area contributed by atoms with Crippen LogP contribution < -0.4 is 10.5 Å². The summed E-state index contributed by atoms with van der Waals surface area (Å²) in [5.41, 5.74) is 6.26. The van der Waals surface area contributed by atoms with E-state index >= 15 is 0 Å². The molecule has 0 saturated carbocycles. The number of aromatic nitrogens is 1. The van der Waals surface area contributed by atoms with Gasteiger partial charge in [-0.25, -0.2) is 4.98 Å². The van der Waals surface area contributed by atoms with Gasteiger partial charge in [0, 0.05) is 18.5 Å². The highest BCUT2D eigenvalue weighted by atomic mass is 32.2. The van der Waals surface area contributed by atoms with E-state index in [4.69, 9.17) is 5.73 Å². The molecule has 1 aromatic heterocycles. The molecule has 0 bridgehead atoms. The van der Waals surface area contributed by atoms with Crippen LogP contribution in [0.25, 0.3) is 0 Å². The lowest BCUT2D eigenvalue weighted by Gasteiger charge is -2.20. The lowest BCUT2D eigenvalue weighted by Crippen LogP contribution is -2.40. The molecule has 1 heterocycles. The fourth-order valence-corrected chi connectivity index (χ4v) is 3.87. The van der Waals surface area contributed by atoms with Gasteiger partial charge in [0.1, 0.15) is 0 Å². The Bertz CT molecular complexity index is 513. The summed E-state index contributed by atoms with van der Waals surface area (Å²) in [7, 11) is -1.93. The van der Waals surface area contributed by atoms with Crippen molar-refractivity contribution in [1.82, 2.24) is 14.0 Å². The minimum absolute atomic E-state index is 0.281. The van der Waals surface area contributed by atoms with E-state index in [1.807, 2.05) is 20.8 Å². The molecule has 0 aromatic carbocycles. The van der Waals surface area contributed by atoms with Gasteiger partial charge in [-0.1, -0.05) is 0 Å². The number of hydrogen-bond donors (Lipinski definition) is 2. The van der Waals surface area contributed by atoms with E-state index in [1.165, 1.54) is 15.6 Å². The first-order valence-electron chi connectivity index (χ1n) is 6.15. The van der Waals surface area contributed by atoms with Crippen LogP contribution in [0.1, 0.15) is 35.0 Å². The number of nitrogens with zero attached hydrogens (tertiary/aromatic N) is 2. The maximum absolute atomic E-state index is 12.1. The van der Waals surface area contributed by atoms with Gasteiger partial charge in [-0.05, 0) is 33.7 Å². The molecule has 1 aromatic rings. The second-order valence-corrected chi connectivity index (χ2v) is 7.53. The Balaban J connectivity index is 2.75. The lowest BCUT2D eigenvalue weighted by molar-refractivity contribution is 0.446. The number of aryl methyl sites for hydroxylation is 2. The predicted octanol–water partition coefficient (Wildman–Crippen LogP) is 0.936. The van der Waals surface area contributed by atoms with Crippen LogP contribution in [0.3, 0.4) is 0 Å². The second-order valence-electron chi connectivity index (χ2n) is 4.49. The molecular formula is C11H22N4O2S2. The van der Waals surface area contributed by atoms with E-state index in [0.29, 0.717) is 19.5 Å². The molecule has 0 aliphatic carbocycles. The zero-order chi connectivity index (χ0) is 14.6. The topological polar surface area (TPSA) is 88.3 Å². The first kappa shape index (κ1) is 16.5. The molecule has 1 atom stereocenters. The highest BCUT2D eigenvalue weighted by Gasteiger charge is 2.22. The van der Waals surface area contributed by atoms with Crippen LogP contribution in [0, 0.1) is 13.8 Å². The summed E-state index contributed by atoms with van der Waals surface area (Å²) in [4.78, 5) is 5.26. The molecular weight excluding hydrogens is 284 g/mol. The first-order chi connectivity index (χ1) is 8.77. The number of hydrogen-bond acceptors (Lipinski definition) is 5. The summed E-state index contributed by atoms with van der Waals surface area (Å²) in [5.74, 6) is 0. The zero-order valence-electron chi connectivity index (χ0n) is 11.8. The molecule has 3 N–H and O–H groups in total. The molecule has 1 unspecified atom stereocenters. The molecule has 8 heteroatoms. The molecule has 0 radical (unpaired) electrons. The third-order valence-corrected chi connectivity index (χ3v) is 5.66. The van der Waals surface area contributed by atoms with Crippen LogP contribution in [0.2, 0.25) is 0 Å². The van der Waals surface area contributed by atoms with E-state index in [-0.39, 0.29) is 6.04 Å². The number of nitrogens with two attached hydrogens (primary N) is 1. The van der Waals surface area contributed by atoms with Gasteiger partial charge in [0.25, 0.3) is 10.2 Å². The number of thiazole rings is 1. The smallest absolute Gasteiger partial charge is 0.279 e. The van der Waals surface area contributed by atoms with Gasteiger partial charge in [0.15, 0.2) is 0 Å². The van der Waals surface area contributed by atoms with E-state index in [0.717, 1.165) is 15.6 Å². The van der Waals surface area contributed by atoms with Crippen molar-refractivity contribution in [3.05, 3.63) is 15.6 Å². The van der Waals surface area contributed by atoms with Gasteiger partial charge < -0.3 is 5.73 Å². The van der Waals surface area contributed by atoms with Crippen molar-refractivity contribution < 1.29 is 8.42 Å². The molecule has 0 saturated heterocycles. The van der Waals surface area contributed by atoms with Crippen molar-refractivity contribution in [1.29, 1.82) is 0 Å². The second kappa shape index (κ2) is 6.76. The average Bonchev–Trinajstić information content (AvgIpc) is 2.64. The van der Waals surface area contributed by atoms with Crippen molar-refractivity contribution in [2.75, 3.05) is 20.1 Å². The maximum atomic E-state index is 12.1. The van der Waals surface area contributed by atoms with E-state index in [9.17, 15) is 8.42 Å². The Kier molecular flexibility index (Phi) is 5.87. The van der Waals surface area contributed by atoms with Gasteiger partial charge in [-0.15, -0.1) is 11.3 Å². The normalized spacial score (nSPS) is 14.0. The summed E-state index contributed by atoms with van der Waals surface area (Å²) in [6.45, 7) is 6.52. The Labute approximate surface area is 119 Å². The minimum Gasteiger partial charge on any atom is -0.330 e. The minimum atomic E-state index is -3.48. The summed E-state index contributed by atoms with van der Waals surface area (Å²) < 4.78 is 28.1. The Hall–Kier alpha value is -0.540. The molecule has 110 valence electrons. The quantitative estimate of drug-likeness (QED) is 0.784. The standard InChI is InChI=1S/C11H22N4O2S2/c1-8-11(18-10(3)13-8)9(2)14-19(16,17)15(4)7-5-6-12/h9,14H,5-7,12H2,1-4H3. The molecule has 0 spiro atoms. The van der Waals surface area contributed by atoms with Crippen LogP contribution in [0.15, 0.2) is 0 Å². The fraction of sp³-hybridized carbons (Fsp3) is 0.727. The largest absolute Gasteiger partial charge is 0.330 e. The average molecular weight is 306 g/mol. The van der Waals surface area contributed by atoms with Gasteiger partial charge >= 0.3 is 0 Å². The first-order valence-corrected chi connectivity index (χ1v) is 8.41. The SMILES string of the molecule is Cc1nc(C)c(C(C)NS(=O)(=O)N(C)CCCN)s1. The van der Waals surface area contributed by atoms with Crippen LogP contribution in [-0.4, -0.2) is 37.8 Å². The molecule has 0 amide bonds. The van der Waals surface area contributed by atoms with Gasteiger partial charge in [-0.3, -0.25) is 0 Å². The third-order valence-electron chi connectivity index (χ3n) is 2.75. The number of nitrogens with one attached hydrogen (secondary N) is 1. The molecule has 1 rings (SSSR count). The van der Waals surface area contributed by atoms with Gasteiger partial charge in [0.2, 0.25) is 0 Å². The third kappa shape index (κ3) is 4.50. The van der Waals surface area contributed by atoms with Crippen LogP contribution in [-0.2, 0) is 10.2 Å². The van der Waals surface area contributed by atoms with Crippen molar-refractivity contribution in [2.24, 2.45) is 5.73 Å². The van der Waals surface area contributed by atoms with Gasteiger partial charge in [-0.2, -0.15) is 17.4 Å². The van der Waals surface area contributed by atoms with E-state index in [1.54, 1.807) is 7.05 Å². The summed E-state index contributed by atoms with van der Waals surface area (Å²) in [6, 6.07) is -0.281. The molecule has 0 aliphatic rings. The Morgan fingerprint density at radius 3 is 2.58 bits per heavy atom. The van der Waals surface area contributed by atoms with Crippen molar-refractivity contribution in [3.63, 3.8) is 0 Å². The summed E-state index contributed by atoms with van der Waals surface area (Å²) in [5, 5.41) is 0.940. The zero-order valence-corrected chi connectivity index (χ0v) is 13.4. The molecule has 19 heavy (non-hydrogen) atoms. The van der Waals surface area contributed by atoms with Crippen LogP contribution in [0.5, 0.6) is 0 Å². The van der Waals surface area contributed by atoms with E-state index < -0.39 is 10.2 Å². The number of rotatable bonds is 7. The molecule has 0 fully saturated rings. The lowest BCUT2D eigenvalue weighted by atomic mass is 10.2. The predicted molar refractivity (Wildman–Crippen MR) is 78.4 cm³/mol. The highest BCUT2D eigenvalue weighted by molar-refractivity contribution is 7.87. The van der Waals surface area contributed by atoms with Crippen molar-refractivity contribution in [2.45, 2.75) is 33.2 Å². The van der Waals surface area contributed by atoms with Crippen molar-refractivity contribution in [3.8, 4) is 0 Å². The maximum Gasteiger partial charge on any atom is 0.279 e. The highest BCUT2D eigenvalue weighted by Crippen LogP contribution is 2.25. The van der Waals surface area contributed by atoms with Crippen molar-refractivity contribution >= 4 is 21.5 Å². The monoisotopic (exact) mass is 306 g/mol. The molecule has 6 nitrogen and oxygen atoms in total. The van der Waals surface area contributed by atoms with Crippen LogP contribution >= 0.6 is 11.3 Å². The summed E-state index contributed by atoms with van der Waals surface area (Å²) >= 11 is 1.52. The van der Waals surface area contributed by atoms with Crippen LogP contribution in [0.4, 0.5) is 0 Å². The Morgan fingerprint density at radius 1 is 1.47 bits per heavy atom.